The van der Waals surface area contributed by atoms with Crippen molar-refractivity contribution in [1.82, 2.24) is 0 Å². The SMILES string of the molecule is [Sc+3].[Sc+3].[Se-2].[Se-2].[Se-2]. The zero-order valence-electron chi connectivity index (χ0n) is 2.38. The fourth-order valence-electron chi connectivity index (χ4n) is 0. The Bertz CT molecular complexity index is 4.85. The van der Waals surface area contributed by atoms with Gasteiger partial charge in [-0.05, 0) is 0 Å². The molecule has 0 aromatic rings. The molecule has 0 saturated carbocycles. The maximum absolute atomic E-state index is 0. The van der Waals surface area contributed by atoms with Gasteiger partial charge in [-0.25, -0.2) is 0 Å². The molecule has 0 aromatic carbocycles. The monoisotopic (exact) mass is 330 g/mol. The van der Waals surface area contributed by atoms with Gasteiger partial charge in [0.05, 0.1) is 0 Å². The van der Waals surface area contributed by atoms with Gasteiger partial charge in [-0.2, -0.15) is 0 Å². The van der Waals surface area contributed by atoms with Crippen LogP contribution in [0.2, 0.25) is 0 Å². The largest absolute Gasteiger partial charge is 3.00 e. The van der Waals surface area contributed by atoms with Gasteiger partial charge in [-0.1, -0.05) is 0 Å². The van der Waals surface area contributed by atoms with Gasteiger partial charge in [0.2, 0.25) is 0 Å². The first-order valence-electron chi connectivity index (χ1n) is 0. The molecular weight excluding hydrogens is 327 g/mol. The van der Waals surface area contributed by atoms with E-state index >= 15 is 0 Å². The van der Waals surface area contributed by atoms with Crippen LogP contribution < -0.4 is 0 Å². The van der Waals surface area contributed by atoms with Crippen molar-refractivity contribution in [3.05, 3.63) is 0 Å². The molecule has 0 radical (unpaired) electrons. The van der Waals surface area contributed by atoms with Gasteiger partial charge >= 0.3 is 51.7 Å². The Labute approximate surface area is 101 Å². The Hall–Kier alpha value is 3.30. The van der Waals surface area contributed by atoms with E-state index in [2.05, 4.69) is 0 Å². The summed E-state index contributed by atoms with van der Waals surface area (Å²) >= 11 is 0. The minimum atomic E-state index is 0. The van der Waals surface area contributed by atoms with E-state index in [0.717, 1.165) is 0 Å². The molecule has 0 bridgehead atoms. The minimum absolute atomic E-state index is 0. The average molecular weight is 327 g/mol. The smallest absolute Gasteiger partial charge is 2.00 e. The van der Waals surface area contributed by atoms with E-state index in [1.165, 1.54) is 0 Å². The van der Waals surface area contributed by atoms with Crippen molar-refractivity contribution in [1.29, 1.82) is 0 Å². The van der Waals surface area contributed by atoms with Crippen molar-refractivity contribution in [2.75, 3.05) is 0 Å². The Morgan fingerprint density at radius 3 is 0.400 bits per heavy atom. The number of rotatable bonds is 0. The second-order valence-corrected chi connectivity index (χ2v) is 0. The van der Waals surface area contributed by atoms with Gasteiger partial charge < -0.3 is 51.2 Å². The van der Waals surface area contributed by atoms with Crippen LogP contribution in [-0.4, -0.2) is 51.2 Å². The third-order valence-corrected chi connectivity index (χ3v) is 0. The van der Waals surface area contributed by atoms with E-state index in [0.29, 0.717) is 0 Å². The quantitative estimate of drug-likeness (QED) is 0.493. The second kappa shape index (κ2) is 26.6. The Balaban J connectivity index is 0. The molecule has 0 unspecified atom stereocenters. The van der Waals surface area contributed by atoms with Crippen LogP contribution in [0.5, 0.6) is 0 Å². The van der Waals surface area contributed by atoms with Gasteiger partial charge in [-0.3, -0.25) is 0 Å². The molecule has 0 N–H and O–H groups in total. The maximum Gasteiger partial charge on any atom is 3.00 e. The number of hydrogen-bond donors (Lipinski definition) is 0. The van der Waals surface area contributed by atoms with Crippen molar-refractivity contribution in [2.45, 2.75) is 0 Å². The van der Waals surface area contributed by atoms with Gasteiger partial charge in [0.1, 0.15) is 0 Å². The molecule has 0 amide bonds. The summed E-state index contributed by atoms with van der Waals surface area (Å²) in [6, 6.07) is 0. The summed E-state index contributed by atoms with van der Waals surface area (Å²) in [5.41, 5.74) is 0. The fourth-order valence-corrected chi connectivity index (χ4v) is 0. The Morgan fingerprint density at radius 2 is 0.400 bits per heavy atom. The predicted octanol–water partition coefficient (Wildman–Crippen LogP) is -1.15. The van der Waals surface area contributed by atoms with Crippen molar-refractivity contribution < 1.29 is 51.7 Å². The van der Waals surface area contributed by atoms with Crippen molar-refractivity contribution in [2.24, 2.45) is 0 Å². The van der Waals surface area contributed by atoms with Crippen LogP contribution >= 0.6 is 0 Å². The molecule has 0 nitrogen and oxygen atoms in total. The molecule has 0 rings (SSSR count). The minimum Gasteiger partial charge on any atom is -2.00 e. The summed E-state index contributed by atoms with van der Waals surface area (Å²) in [4.78, 5) is 0. The first kappa shape index (κ1) is 40.6. The predicted molar refractivity (Wildman–Crippen MR) is 17.3 cm³/mol. The van der Waals surface area contributed by atoms with Gasteiger partial charge in [0.15, 0.2) is 0 Å². The first-order chi connectivity index (χ1) is 0. The summed E-state index contributed by atoms with van der Waals surface area (Å²) < 4.78 is 0. The Kier molecular flexibility index (Phi) is 216. The third-order valence-electron chi connectivity index (χ3n) is 0. The third kappa shape index (κ3) is 18.8. The van der Waals surface area contributed by atoms with Crippen LogP contribution in [0.1, 0.15) is 0 Å². The summed E-state index contributed by atoms with van der Waals surface area (Å²) in [6.07, 6.45) is 0. The summed E-state index contributed by atoms with van der Waals surface area (Å²) in [7, 11) is 0. The molecular formula is Sc2Se3. The molecule has 0 aromatic heterocycles. The molecule has 5 heavy (non-hydrogen) atoms. The van der Waals surface area contributed by atoms with E-state index in [-0.39, 0.29) is 103 Å². The molecule has 0 aliphatic heterocycles. The second-order valence-electron chi connectivity index (χ2n) is 0. The zero-order chi connectivity index (χ0) is 0. The number of hydrogen-bond acceptors (Lipinski definition) is 0. The van der Waals surface area contributed by atoms with Crippen LogP contribution in [0.4, 0.5) is 0 Å². The van der Waals surface area contributed by atoms with Crippen LogP contribution in [0.3, 0.4) is 0 Å². The fraction of sp³-hybridized carbons (Fsp3) is 0. The van der Waals surface area contributed by atoms with Crippen LogP contribution in [-0.2, 0) is 51.7 Å². The normalized spacial score (nSPS) is 0. The standard InChI is InChI=1S/2Sc.3Se/q2*+3;3*-2. The van der Waals surface area contributed by atoms with Gasteiger partial charge in [-0.15, -0.1) is 0 Å². The van der Waals surface area contributed by atoms with E-state index in [9.17, 15) is 0 Å². The molecule has 0 atom stereocenters. The van der Waals surface area contributed by atoms with Gasteiger partial charge in [0, 0.05) is 0 Å². The zero-order valence-corrected chi connectivity index (χ0v) is 11.1. The van der Waals surface area contributed by atoms with E-state index in [4.69, 9.17) is 0 Å². The van der Waals surface area contributed by atoms with Gasteiger partial charge in [0.25, 0.3) is 0 Å². The summed E-state index contributed by atoms with van der Waals surface area (Å²) in [5.74, 6) is 0. The van der Waals surface area contributed by atoms with Crippen LogP contribution in [0.15, 0.2) is 0 Å². The van der Waals surface area contributed by atoms with E-state index in [1.807, 2.05) is 0 Å². The molecule has 5 heteroatoms. The van der Waals surface area contributed by atoms with E-state index < -0.39 is 0 Å². The van der Waals surface area contributed by atoms with E-state index in [1.54, 1.807) is 0 Å². The molecule has 0 saturated heterocycles. The molecule has 0 fully saturated rings. The van der Waals surface area contributed by atoms with Crippen molar-refractivity contribution in [3.8, 4) is 0 Å². The van der Waals surface area contributed by atoms with Crippen LogP contribution in [0.25, 0.3) is 0 Å². The first-order valence-corrected chi connectivity index (χ1v) is 0. The summed E-state index contributed by atoms with van der Waals surface area (Å²) in [6.45, 7) is 0. The maximum atomic E-state index is 0. The summed E-state index contributed by atoms with van der Waals surface area (Å²) in [5, 5.41) is 0. The topological polar surface area (TPSA) is 0 Å². The molecule has 0 aliphatic rings. The Morgan fingerprint density at radius 1 is 0.400 bits per heavy atom. The van der Waals surface area contributed by atoms with Crippen LogP contribution in [0, 0.1) is 0 Å². The molecule has 0 heterocycles. The molecule has 0 aliphatic carbocycles. The molecule has 24 valence electrons. The average Bonchev–Trinajstić information content (AvgIpc) is 0. The molecule has 0 spiro atoms. The van der Waals surface area contributed by atoms with Crippen molar-refractivity contribution in [3.63, 3.8) is 0 Å². The van der Waals surface area contributed by atoms with Crippen molar-refractivity contribution >= 4 is 51.2 Å².